The van der Waals surface area contributed by atoms with Gasteiger partial charge in [0.2, 0.25) is 0 Å². The van der Waals surface area contributed by atoms with Gasteiger partial charge >= 0.3 is 0 Å². The number of aromatic nitrogens is 2. The molecule has 0 aliphatic carbocycles. The van der Waals surface area contributed by atoms with Gasteiger partial charge in [0.15, 0.2) is 0 Å². The average Bonchev–Trinajstić information content (AvgIpc) is 2.45. The Morgan fingerprint density at radius 2 is 1.89 bits per heavy atom. The largest absolute Gasteiger partial charge is 0.492 e. The SMILES string of the molecule is Cc1nccnc1C(C)NCCOc1ccccc1. The van der Waals surface area contributed by atoms with E-state index in [0.717, 1.165) is 23.7 Å². The summed E-state index contributed by atoms with van der Waals surface area (Å²) in [6.07, 6.45) is 3.44. The Morgan fingerprint density at radius 1 is 1.16 bits per heavy atom. The highest BCUT2D eigenvalue weighted by Crippen LogP contribution is 2.11. The molecule has 0 aliphatic rings. The van der Waals surface area contributed by atoms with Crippen LogP contribution in [-0.4, -0.2) is 23.1 Å². The van der Waals surface area contributed by atoms with Crippen molar-refractivity contribution in [1.29, 1.82) is 0 Å². The van der Waals surface area contributed by atoms with Gasteiger partial charge in [-0.15, -0.1) is 0 Å². The molecule has 4 nitrogen and oxygen atoms in total. The van der Waals surface area contributed by atoms with Gasteiger partial charge in [0.05, 0.1) is 11.4 Å². The summed E-state index contributed by atoms with van der Waals surface area (Å²) in [5.74, 6) is 0.896. The highest BCUT2D eigenvalue weighted by atomic mass is 16.5. The van der Waals surface area contributed by atoms with Crippen molar-refractivity contribution in [3.05, 3.63) is 54.1 Å². The van der Waals surface area contributed by atoms with Gasteiger partial charge in [-0.1, -0.05) is 18.2 Å². The Labute approximate surface area is 113 Å². The Bertz CT molecular complexity index is 502. The van der Waals surface area contributed by atoms with Crippen LogP contribution in [0.2, 0.25) is 0 Å². The van der Waals surface area contributed by atoms with Crippen LogP contribution in [0.4, 0.5) is 0 Å². The molecule has 0 bridgehead atoms. The van der Waals surface area contributed by atoms with Crippen molar-refractivity contribution in [2.24, 2.45) is 0 Å². The predicted molar refractivity (Wildman–Crippen MR) is 75.1 cm³/mol. The molecule has 1 atom stereocenters. The second kappa shape index (κ2) is 6.85. The van der Waals surface area contributed by atoms with Crippen molar-refractivity contribution in [1.82, 2.24) is 15.3 Å². The van der Waals surface area contributed by atoms with Crippen LogP contribution in [0.3, 0.4) is 0 Å². The van der Waals surface area contributed by atoms with Gasteiger partial charge in [0.25, 0.3) is 0 Å². The number of aryl methyl sites for hydroxylation is 1. The summed E-state index contributed by atoms with van der Waals surface area (Å²) in [6, 6.07) is 9.99. The summed E-state index contributed by atoms with van der Waals surface area (Å²) in [5, 5.41) is 3.38. The number of nitrogens with zero attached hydrogens (tertiary/aromatic N) is 2. The predicted octanol–water partition coefficient (Wildman–Crippen LogP) is 2.51. The van der Waals surface area contributed by atoms with E-state index in [0.29, 0.717) is 6.61 Å². The second-order valence-electron chi connectivity index (χ2n) is 4.36. The summed E-state index contributed by atoms with van der Waals surface area (Å²) in [5.41, 5.74) is 1.95. The maximum Gasteiger partial charge on any atom is 0.119 e. The standard InChI is InChI=1S/C15H19N3O/c1-12-15(18-9-8-16-12)13(2)17-10-11-19-14-6-4-3-5-7-14/h3-9,13,17H,10-11H2,1-2H3. The number of benzene rings is 1. The molecule has 1 aromatic heterocycles. The molecule has 1 aromatic carbocycles. The molecule has 19 heavy (non-hydrogen) atoms. The number of hydrogen-bond donors (Lipinski definition) is 1. The van der Waals surface area contributed by atoms with Crippen molar-refractivity contribution < 1.29 is 4.74 Å². The van der Waals surface area contributed by atoms with E-state index in [9.17, 15) is 0 Å². The second-order valence-corrected chi connectivity index (χ2v) is 4.36. The first-order valence-electron chi connectivity index (χ1n) is 6.46. The van der Waals surface area contributed by atoms with Crippen LogP contribution in [-0.2, 0) is 0 Å². The molecule has 2 aromatic rings. The highest BCUT2D eigenvalue weighted by molar-refractivity contribution is 5.20. The molecule has 0 fully saturated rings. The quantitative estimate of drug-likeness (QED) is 0.808. The van der Waals surface area contributed by atoms with Crippen LogP contribution in [0, 0.1) is 6.92 Å². The van der Waals surface area contributed by atoms with Gasteiger partial charge in [-0.2, -0.15) is 0 Å². The van der Waals surface area contributed by atoms with Crippen molar-refractivity contribution >= 4 is 0 Å². The molecule has 2 rings (SSSR count). The Balaban J connectivity index is 1.76. The van der Waals surface area contributed by atoms with Crippen molar-refractivity contribution in [2.45, 2.75) is 19.9 Å². The number of ether oxygens (including phenoxy) is 1. The van der Waals surface area contributed by atoms with Gasteiger partial charge < -0.3 is 10.1 Å². The number of hydrogen-bond acceptors (Lipinski definition) is 4. The van der Waals surface area contributed by atoms with E-state index >= 15 is 0 Å². The molecule has 0 saturated heterocycles. The maximum absolute atomic E-state index is 5.62. The van der Waals surface area contributed by atoms with Gasteiger partial charge in [-0.3, -0.25) is 9.97 Å². The van der Waals surface area contributed by atoms with E-state index in [1.165, 1.54) is 0 Å². The van der Waals surface area contributed by atoms with E-state index in [-0.39, 0.29) is 6.04 Å². The molecule has 0 saturated carbocycles. The van der Waals surface area contributed by atoms with Gasteiger partial charge in [-0.05, 0) is 26.0 Å². The first kappa shape index (κ1) is 13.5. The third-order valence-electron chi connectivity index (χ3n) is 2.89. The third-order valence-corrected chi connectivity index (χ3v) is 2.89. The van der Waals surface area contributed by atoms with Crippen LogP contribution in [0.5, 0.6) is 5.75 Å². The fourth-order valence-corrected chi connectivity index (χ4v) is 1.90. The average molecular weight is 257 g/mol. The molecular formula is C15H19N3O. The van der Waals surface area contributed by atoms with Crippen LogP contribution in [0.1, 0.15) is 24.4 Å². The minimum atomic E-state index is 0.174. The fourth-order valence-electron chi connectivity index (χ4n) is 1.90. The Kier molecular flexibility index (Phi) is 4.86. The summed E-state index contributed by atoms with van der Waals surface area (Å²) >= 11 is 0. The minimum absolute atomic E-state index is 0.174. The number of para-hydroxylation sites is 1. The Hall–Kier alpha value is -1.94. The van der Waals surface area contributed by atoms with Crippen molar-refractivity contribution in [2.75, 3.05) is 13.2 Å². The molecule has 0 spiro atoms. The first-order valence-corrected chi connectivity index (χ1v) is 6.46. The smallest absolute Gasteiger partial charge is 0.119 e. The summed E-state index contributed by atoms with van der Waals surface area (Å²) < 4.78 is 5.62. The van der Waals surface area contributed by atoms with E-state index in [4.69, 9.17) is 4.74 Å². The van der Waals surface area contributed by atoms with Gasteiger partial charge in [0, 0.05) is 25.0 Å². The summed E-state index contributed by atoms with van der Waals surface area (Å²) in [6.45, 7) is 5.46. The zero-order valence-corrected chi connectivity index (χ0v) is 11.3. The molecular weight excluding hydrogens is 238 g/mol. The number of rotatable bonds is 6. The van der Waals surface area contributed by atoms with Crippen LogP contribution >= 0.6 is 0 Å². The maximum atomic E-state index is 5.62. The van der Waals surface area contributed by atoms with E-state index in [2.05, 4.69) is 22.2 Å². The lowest BCUT2D eigenvalue weighted by atomic mass is 10.2. The molecule has 100 valence electrons. The molecule has 1 N–H and O–H groups in total. The first-order chi connectivity index (χ1) is 9.27. The molecule has 0 aliphatic heterocycles. The Morgan fingerprint density at radius 3 is 2.63 bits per heavy atom. The molecule has 1 heterocycles. The lowest BCUT2D eigenvalue weighted by Crippen LogP contribution is -2.25. The number of nitrogens with one attached hydrogen (secondary N) is 1. The summed E-state index contributed by atoms with van der Waals surface area (Å²) in [4.78, 5) is 8.59. The lowest BCUT2D eigenvalue weighted by molar-refractivity contribution is 0.307. The van der Waals surface area contributed by atoms with Gasteiger partial charge in [-0.25, -0.2) is 0 Å². The van der Waals surface area contributed by atoms with E-state index in [1.807, 2.05) is 37.3 Å². The van der Waals surface area contributed by atoms with Crippen molar-refractivity contribution in [3.8, 4) is 5.75 Å². The highest BCUT2D eigenvalue weighted by Gasteiger charge is 2.09. The normalized spacial score (nSPS) is 12.1. The zero-order chi connectivity index (χ0) is 13.5. The fraction of sp³-hybridized carbons (Fsp3) is 0.333. The molecule has 0 radical (unpaired) electrons. The van der Waals surface area contributed by atoms with E-state index < -0.39 is 0 Å². The topological polar surface area (TPSA) is 47.0 Å². The van der Waals surface area contributed by atoms with Crippen LogP contribution in [0.25, 0.3) is 0 Å². The molecule has 0 amide bonds. The summed E-state index contributed by atoms with van der Waals surface area (Å²) in [7, 11) is 0. The third kappa shape index (κ3) is 4.03. The zero-order valence-electron chi connectivity index (χ0n) is 11.3. The van der Waals surface area contributed by atoms with Crippen LogP contribution < -0.4 is 10.1 Å². The van der Waals surface area contributed by atoms with Crippen LogP contribution in [0.15, 0.2) is 42.7 Å². The lowest BCUT2D eigenvalue weighted by Gasteiger charge is -2.15. The monoisotopic (exact) mass is 257 g/mol. The molecule has 4 heteroatoms. The minimum Gasteiger partial charge on any atom is -0.492 e. The van der Waals surface area contributed by atoms with E-state index in [1.54, 1.807) is 12.4 Å². The van der Waals surface area contributed by atoms with Gasteiger partial charge in [0.1, 0.15) is 12.4 Å². The van der Waals surface area contributed by atoms with Crippen molar-refractivity contribution in [3.63, 3.8) is 0 Å². The molecule has 1 unspecified atom stereocenters.